The van der Waals surface area contributed by atoms with Gasteiger partial charge in [-0.1, -0.05) is 24.3 Å². The molecule has 3 aromatic carbocycles. The highest BCUT2D eigenvalue weighted by atomic mass is 32.2. The summed E-state index contributed by atoms with van der Waals surface area (Å²) in [5, 5.41) is 11.4. The van der Waals surface area contributed by atoms with Crippen molar-refractivity contribution in [3.63, 3.8) is 0 Å². The number of aliphatic imine (C=N–C) groups is 1. The molecule has 172 valence electrons. The van der Waals surface area contributed by atoms with Crippen LogP contribution in [0.15, 0.2) is 82.7 Å². The van der Waals surface area contributed by atoms with E-state index in [1.54, 1.807) is 47.4 Å². The lowest BCUT2D eigenvalue weighted by Crippen LogP contribution is -2.28. The lowest BCUT2D eigenvalue weighted by Gasteiger charge is -2.11. The Balaban J connectivity index is 1.45. The lowest BCUT2D eigenvalue weighted by atomic mass is 10.2. The van der Waals surface area contributed by atoms with E-state index >= 15 is 0 Å². The predicted octanol–water partition coefficient (Wildman–Crippen LogP) is 5.94. The van der Waals surface area contributed by atoms with E-state index in [0.717, 1.165) is 5.56 Å². The van der Waals surface area contributed by atoms with Crippen molar-refractivity contribution in [2.75, 3.05) is 6.54 Å². The third-order valence-corrected chi connectivity index (χ3v) is 5.97. The second kappa shape index (κ2) is 10.3. The third-order valence-electron chi connectivity index (χ3n) is 4.96. The second-order valence-corrected chi connectivity index (χ2v) is 8.32. The van der Waals surface area contributed by atoms with Crippen molar-refractivity contribution in [3.8, 4) is 5.75 Å². The summed E-state index contributed by atoms with van der Waals surface area (Å²) in [7, 11) is 0. The molecule has 4 rings (SSSR count). The highest BCUT2D eigenvalue weighted by molar-refractivity contribution is 8.18. The smallest absolute Gasteiger partial charge is 0.269 e. The summed E-state index contributed by atoms with van der Waals surface area (Å²) in [6, 6.07) is 19.3. The van der Waals surface area contributed by atoms with Crippen LogP contribution in [0.4, 0.5) is 15.8 Å². The first-order valence-electron chi connectivity index (χ1n) is 10.4. The van der Waals surface area contributed by atoms with Gasteiger partial charge in [-0.15, -0.1) is 0 Å². The average molecular weight is 478 g/mol. The van der Waals surface area contributed by atoms with E-state index in [2.05, 4.69) is 4.99 Å². The number of halogens is 1. The number of likely N-dealkylation sites (N-methyl/N-ethyl adjacent to an activating group) is 1. The number of hydrogen-bond acceptors (Lipinski definition) is 6. The molecule has 1 aliphatic rings. The number of hydrogen-bond donors (Lipinski definition) is 0. The first-order valence-corrected chi connectivity index (χ1v) is 11.3. The Morgan fingerprint density at radius 3 is 2.53 bits per heavy atom. The van der Waals surface area contributed by atoms with Crippen LogP contribution < -0.4 is 4.74 Å². The fourth-order valence-corrected chi connectivity index (χ4v) is 4.30. The molecule has 0 saturated carbocycles. The molecule has 1 heterocycles. The predicted molar refractivity (Wildman–Crippen MR) is 130 cm³/mol. The Labute approximate surface area is 199 Å². The summed E-state index contributed by atoms with van der Waals surface area (Å²) in [5.41, 5.74) is 2.10. The molecule has 0 spiro atoms. The first kappa shape index (κ1) is 23.2. The largest absolute Gasteiger partial charge is 0.489 e. The van der Waals surface area contributed by atoms with E-state index in [1.165, 1.54) is 36.0 Å². The number of amidine groups is 1. The summed E-state index contributed by atoms with van der Waals surface area (Å²) >= 11 is 1.27. The molecule has 34 heavy (non-hydrogen) atoms. The molecule has 0 bridgehead atoms. The normalized spacial score (nSPS) is 15.8. The number of amides is 1. The minimum absolute atomic E-state index is 0.0188. The minimum Gasteiger partial charge on any atom is -0.489 e. The Hall–Kier alpha value is -3.98. The number of non-ortho nitro benzene ring substituents is 1. The van der Waals surface area contributed by atoms with Crippen molar-refractivity contribution < 1.29 is 18.8 Å². The highest BCUT2D eigenvalue weighted by Crippen LogP contribution is 2.34. The number of thioether (sulfide) groups is 1. The van der Waals surface area contributed by atoms with Crippen LogP contribution in [0.2, 0.25) is 0 Å². The van der Waals surface area contributed by atoms with E-state index in [0.29, 0.717) is 33.6 Å². The van der Waals surface area contributed by atoms with Crippen molar-refractivity contribution in [1.29, 1.82) is 0 Å². The molecule has 0 atom stereocenters. The van der Waals surface area contributed by atoms with Gasteiger partial charge in [0.1, 0.15) is 18.2 Å². The number of nitro groups is 1. The maximum Gasteiger partial charge on any atom is 0.269 e. The number of rotatable bonds is 7. The monoisotopic (exact) mass is 477 g/mol. The second-order valence-electron chi connectivity index (χ2n) is 7.32. The Kier molecular flexibility index (Phi) is 7.03. The number of benzene rings is 3. The molecular formula is C25H20FN3O4S. The van der Waals surface area contributed by atoms with Crippen molar-refractivity contribution in [3.05, 3.63) is 105 Å². The SMILES string of the molecule is CCN1C(=O)/C(=C\c2ccc(OCc3cccc([N+](=O)[O-])c3)cc2)SC1=Nc1ccc(F)cc1. The highest BCUT2D eigenvalue weighted by Gasteiger charge is 2.32. The van der Waals surface area contributed by atoms with Crippen LogP contribution in [0.5, 0.6) is 5.75 Å². The molecule has 1 saturated heterocycles. The van der Waals surface area contributed by atoms with Crippen molar-refractivity contribution >= 4 is 40.3 Å². The van der Waals surface area contributed by atoms with Crippen LogP contribution in [0.25, 0.3) is 6.08 Å². The Bertz CT molecular complexity index is 1270. The van der Waals surface area contributed by atoms with E-state index < -0.39 is 4.92 Å². The van der Waals surface area contributed by atoms with Gasteiger partial charge in [-0.05, 0) is 72.3 Å². The maximum absolute atomic E-state index is 13.2. The molecule has 0 aliphatic carbocycles. The molecule has 9 heteroatoms. The van der Waals surface area contributed by atoms with Gasteiger partial charge in [0.2, 0.25) is 0 Å². The molecule has 0 unspecified atom stereocenters. The average Bonchev–Trinajstić information content (AvgIpc) is 3.13. The van der Waals surface area contributed by atoms with Crippen LogP contribution in [0.3, 0.4) is 0 Å². The van der Waals surface area contributed by atoms with Crippen LogP contribution in [0.1, 0.15) is 18.1 Å². The van der Waals surface area contributed by atoms with Gasteiger partial charge in [0.25, 0.3) is 11.6 Å². The standard InChI is InChI=1S/C25H20FN3O4S/c1-2-28-24(30)23(34-25(28)27-20-10-8-19(26)9-11-20)15-17-6-12-22(13-7-17)33-16-18-4-3-5-21(14-18)29(31)32/h3-15H,2,16H2,1H3/b23-15+,27-25?. The summed E-state index contributed by atoms with van der Waals surface area (Å²) < 4.78 is 18.9. The fourth-order valence-electron chi connectivity index (χ4n) is 3.23. The maximum atomic E-state index is 13.2. The number of nitrogens with zero attached hydrogens (tertiary/aromatic N) is 3. The quantitative estimate of drug-likeness (QED) is 0.239. The van der Waals surface area contributed by atoms with Crippen LogP contribution in [0, 0.1) is 15.9 Å². The first-order chi connectivity index (χ1) is 16.4. The zero-order valence-corrected chi connectivity index (χ0v) is 19.0. The molecule has 0 radical (unpaired) electrons. The van der Waals surface area contributed by atoms with E-state index in [-0.39, 0.29) is 24.0 Å². The fraction of sp³-hybridized carbons (Fsp3) is 0.120. The molecule has 1 amide bonds. The number of ether oxygens (including phenoxy) is 1. The van der Waals surface area contributed by atoms with E-state index in [1.807, 2.05) is 19.1 Å². The topological polar surface area (TPSA) is 85.0 Å². The summed E-state index contributed by atoms with van der Waals surface area (Å²) in [5.74, 6) is 0.122. The van der Waals surface area contributed by atoms with Gasteiger partial charge in [-0.25, -0.2) is 9.38 Å². The van der Waals surface area contributed by atoms with Gasteiger partial charge in [0.05, 0.1) is 15.5 Å². The van der Waals surface area contributed by atoms with Crippen LogP contribution >= 0.6 is 11.8 Å². The summed E-state index contributed by atoms with van der Waals surface area (Å²) in [6.07, 6.45) is 1.78. The third kappa shape index (κ3) is 5.49. The van der Waals surface area contributed by atoms with Gasteiger partial charge >= 0.3 is 0 Å². The van der Waals surface area contributed by atoms with Gasteiger partial charge in [-0.2, -0.15) is 0 Å². The Morgan fingerprint density at radius 1 is 1.12 bits per heavy atom. The molecular weight excluding hydrogens is 457 g/mol. The summed E-state index contributed by atoms with van der Waals surface area (Å²) in [4.78, 5) is 29.9. The summed E-state index contributed by atoms with van der Waals surface area (Å²) in [6.45, 7) is 2.54. The van der Waals surface area contributed by atoms with Crippen LogP contribution in [-0.2, 0) is 11.4 Å². The van der Waals surface area contributed by atoms with E-state index in [9.17, 15) is 19.3 Å². The Morgan fingerprint density at radius 2 is 1.85 bits per heavy atom. The number of carbonyl (C=O) groups is 1. The van der Waals surface area contributed by atoms with Gasteiger partial charge in [0, 0.05) is 18.7 Å². The number of carbonyl (C=O) groups excluding carboxylic acids is 1. The lowest BCUT2D eigenvalue weighted by molar-refractivity contribution is -0.384. The van der Waals surface area contributed by atoms with E-state index in [4.69, 9.17) is 4.74 Å². The van der Waals surface area contributed by atoms with Gasteiger partial charge in [0.15, 0.2) is 5.17 Å². The van der Waals surface area contributed by atoms with Crippen molar-refractivity contribution in [1.82, 2.24) is 4.90 Å². The molecule has 1 fully saturated rings. The zero-order valence-electron chi connectivity index (χ0n) is 18.2. The minimum atomic E-state index is -0.441. The van der Waals surface area contributed by atoms with Gasteiger partial charge in [-0.3, -0.25) is 19.8 Å². The molecule has 0 aromatic heterocycles. The van der Waals surface area contributed by atoms with Crippen molar-refractivity contribution in [2.24, 2.45) is 4.99 Å². The zero-order chi connectivity index (χ0) is 24.1. The number of nitro benzene ring substituents is 1. The molecule has 0 N–H and O–H groups in total. The van der Waals surface area contributed by atoms with Gasteiger partial charge < -0.3 is 4.74 Å². The molecule has 7 nitrogen and oxygen atoms in total. The van der Waals surface area contributed by atoms with Crippen LogP contribution in [-0.4, -0.2) is 27.4 Å². The molecule has 3 aromatic rings. The van der Waals surface area contributed by atoms with Crippen molar-refractivity contribution in [2.45, 2.75) is 13.5 Å². The molecule has 1 aliphatic heterocycles.